The minimum Gasteiger partial charge on any atom is -0.384 e. The molecule has 12 nitrogen and oxygen atoms in total. The standard InChI is InChI=1S/C36H40ClF3N8O4/c1-3-29-32(45-14-16-46(17-15-45)33(50)26-8-4-6-24-7-5-13-42-31(24)26)34(51)48(41-2)35(43-21-23-11-18-52-19-12-23)47(29)22-30(49)44-28-10-9-25(20-27(28)37)36(38,39)40/h4,6,8-11,20,42H,2-3,5,7,12-19,21-22H2,1H3,(H,44,49). The zero-order valence-electron chi connectivity index (χ0n) is 28.8. The highest BCUT2D eigenvalue weighted by Gasteiger charge is 2.32. The second-order valence-electron chi connectivity index (χ2n) is 12.7. The first-order chi connectivity index (χ1) is 25.0. The number of piperazine rings is 1. The first-order valence-corrected chi connectivity index (χ1v) is 17.6. The van der Waals surface area contributed by atoms with Crippen LogP contribution in [0.25, 0.3) is 0 Å². The summed E-state index contributed by atoms with van der Waals surface area (Å²) in [5, 5.41) is 9.73. The van der Waals surface area contributed by atoms with Gasteiger partial charge in [0.05, 0.1) is 53.0 Å². The van der Waals surface area contributed by atoms with Crippen LogP contribution < -0.4 is 26.7 Å². The molecule has 276 valence electrons. The lowest BCUT2D eigenvalue weighted by Gasteiger charge is -2.37. The molecule has 0 atom stereocenters. The fraction of sp³-hybridized carbons (Fsp3) is 0.417. The van der Waals surface area contributed by atoms with Crippen LogP contribution in [0.5, 0.6) is 0 Å². The summed E-state index contributed by atoms with van der Waals surface area (Å²) in [6.45, 7) is 8.48. The van der Waals surface area contributed by atoms with Crippen molar-refractivity contribution in [3.63, 3.8) is 0 Å². The summed E-state index contributed by atoms with van der Waals surface area (Å²) in [6.07, 6.45) is 0.182. The van der Waals surface area contributed by atoms with Gasteiger partial charge in [-0.1, -0.05) is 36.7 Å². The maximum absolute atomic E-state index is 14.2. The van der Waals surface area contributed by atoms with Gasteiger partial charge in [-0.15, -0.1) is 0 Å². The monoisotopic (exact) mass is 740 g/mol. The Balaban J connectivity index is 1.33. The number of aromatic nitrogens is 2. The minimum atomic E-state index is -4.60. The Morgan fingerprint density at radius 2 is 1.90 bits per heavy atom. The molecule has 0 radical (unpaired) electrons. The number of benzene rings is 2. The molecule has 0 unspecified atom stereocenters. The molecule has 0 spiro atoms. The lowest BCUT2D eigenvalue weighted by Crippen LogP contribution is -2.52. The van der Waals surface area contributed by atoms with Gasteiger partial charge in [0.2, 0.25) is 11.5 Å². The summed E-state index contributed by atoms with van der Waals surface area (Å²) in [5.74, 6) is -0.699. The second-order valence-corrected chi connectivity index (χ2v) is 13.1. The van der Waals surface area contributed by atoms with Gasteiger partial charge in [-0.25, -0.2) is 4.99 Å². The number of nitrogens with one attached hydrogen (secondary N) is 2. The number of halogens is 4. The molecular weight excluding hydrogens is 701 g/mol. The van der Waals surface area contributed by atoms with Gasteiger partial charge in [-0.3, -0.25) is 14.4 Å². The van der Waals surface area contributed by atoms with E-state index in [2.05, 4.69) is 22.5 Å². The highest BCUT2D eigenvalue weighted by Crippen LogP contribution is 2.34. The van der Waals surface area contributed by atoms with Gasteiger partial charge in [0.1, 0.15) is 12.2 Å². The van der Waals surface area contributed by atoms with Crippen molar-refractivity contribution >= 4 is 47.2 Å². The Bertz CT molecular complexity index is 2030. The van der Waals surface area contributed by atoms with E-state index in [1.54, 1.807) is 9.47 Å². The van der Waals surface area contributed by atoms with Crippen molar-refractivity contribution in [2.75, 3.05) is 68.0 Å². The number of anilines is 3. The summed E-state index contributed by atoms with van der Waals surface area (Å²) in [6, 6.07) is 8.45. The van der Waals surface area contributed by atoms with E-state index in [-0.39, 0.29) is 35.3 Å². The maximum atomic E-state index is 14.2. The van der Waals surface area contributed by atoms with Crippen LogP contribution >= 0.6 is 11.6 Å². The first-order valence-electron chi connectivity index (χ1n) is 17.2. The SMILES string of the molecule is C=Nn1c(=O)c(N2CCN(C(=O)c3cccc4c3NCCC4)CC2)c(CC)n(CC(=O)Nc2ccc(C(F)(F)F)cc2Cl)c1=NCC1=CCOCC1. The summed E-state index contributed by atoms with van der Waals surface area (Å²) >= 11 is 6.15. The summed E-state index contributed by atoms with van der Waals surface area (Å²) < 4.78 is 47.8. The van der Waals surface area contributed by atoms with E-state index >= 15 is 0 Å². The van der Waals surface area contributed by atoms with Crippen LogP contribution in [0.15, 0.2) is 62.9 Å². The fourth-order valence-electron chi connectivity index (χ4n) is 6.80. The number of aryl methyl sites for hydroxylation is 1. The van der Waals surface area contributed by atoms with E-state index in [1.165, 1.54) is 0 Å². The van der Waals surface area contributed by atoms with Crippen LogP contribution in [0, 0.1) is 0 Å². The summed E-state index contributed by atoms with van der Waals surface area (Å²) in [5.41, 5.74) is 3.06. The van der Waals surface area contributed by atoms with E-state index < -0.39 is 23.2 Å². The molecule has 0 bridgehead atoms. The van der Waals surface area contributed by atoms with E-state index in [0.29, 0.717) is 69.2 Å². The van der Waals surface area contributed by atoms with Gasteiger partial charge in [0.25, 0.3) is 11.5 Å². The van der Waals surface area contributed by atoms with Gasteiger partial charge in [0, 0.05) is 39.4 Å². The van der Waals surface area contributed by atoms with Crippen molar-refractivity contribution in [1.82, 2.24) is 14.1 Å². The van der Waals surface area contributed by atoms with E-state index in [4.69, 9.17) is 21.3 Å². The predicted octanol–water partition coefficient (Wildman–Crippen LogP) is 4.55. The number of para-hydroxylation sites is 1. The number of fused-ring (bicyclic) bond motifs is 1. The molecule has 0 saturated carbocycles. The Hall–Kier alpha value is -4.89. The van der Waals surface area contributed by atoms with Crippen LogP contribution in [-0.2, 0) is 35.1 Å². The van der Waals surface area contributed by atoms with Crippen molar-refractivity contribution in [3.8, 4) is 0 Å². The van der Waals surface area contributed by atoms with Gasteiger partial charge in [0.15, 0.2) is 0 Å². The smallest absolute Gasteiger partial charge is 0.384 e. The number of rotatable bonds is 9. The molecule has 2 amide bonds. The molecule has 2 N–H and O–H groups in total. The number of nitrogens with zero attached hydrogens (tertiary/aromatic N) is 6. The zero-order chi connectivity index (χ0) is 37.0. The van der Waals surface area contributed by atoms with Crippen LogP contribution in [0.2, 0.25) is 5.02 Å². The summed E-state index contributed by atoms with van der Waals surface area (Å²) in [4.78, 5) is 49.9. The molecule has 3 aromatic rings. The van der Waals surface area contributed by atoms with Crippen LogP contribution in [0.3, 0.4) is 0 Å². The highest BCUT2D eigenvalue weighted by molar-refractivity contribution is 6.33. The molecule has 52 heavy (non-hydrogen) atoms. The molecular formula is C36H40ClF3N8O4. The van der Waals surface area contributed by atoms with Crippen LogP contribution in [0.4, 0.5) is 30.2 Å². The average molecular weight is 741 g/mol. The van der Waals surface area contributed by atoms with Gasteiger partial charge >= 0.3 is 6.18 Å². The zero-order valence-corrected chi connectivity index (χ0v) is 29.5. The van der Waals surface area contributed by atoms with Crippen LogP contribution in [0.1, 0.15) is 46.9 Å². The molecule has 3 aliphatic rings. The third-order valence-corrected chi connectivity index (χ3v) is 9.76. The Morgan fingerprint density at radius 1 is 1.12 bits per heavy atom. The number of ether oxygens (including phenoxy) is 1. The van der Waals surface area contributed by atoms with Gasteiger partial charge in [-0.05, 0) is 61.1 Å². The molecule has 2 aromatic carbocycles. The fourth-order valence-corrected chi connectivity index (χ4v) is 7.03. The quantitative estimate of drug-likeness (QED) is 0.245. The molecule has 3 aliphatic heterocycles. The van der Waals surface area contributed by atoms with Crippen molar-refractivity contribution in [3.05, 3.63) is 91.4 Å². The Labute approximate surface area is 303 Å². The lowest BCUT2D eigenvalue weighted by atomic mass is 9.98. The topological polar surface area (TPSA) is 126 Å². The summed E-state index contributed by atoms with van der Waals surface area (Å²) in [7, 11) is 0. The lowest BCUT2D eigenvalue weighted by molar-refractivity contribution is -0.137. The maximum Gasteiger partial charge on any atom is 0.416 e. The van der Waals surface area contributed by atoms with Crippen molar-refractivity contribution in [2.45, 2.75) is 45.3 Å². The largest absolute Gasteiger partial charge is 0.416 e. The van der Waals surface area contributed by atoms with Crippen LogP contribution in [-0.4, -0.2) is 85.2 Å². The Morgan fingerprint density at radius 3 is 2.58 bits per heavy atom. The van der Waals surface area contributed by atoms with Crippen molar-refractivity contribution < 1.29 is 27.5 Å². The molecule has 1 saturated heterocycles. The second kappa shape index (κ2) is 15.8. The van der Waals surface area contributed by atoms with Gasteiger partial charge < -0.3 is 29.7 Å². The number of carbonyl (C=O) groups is 2. The van der Waals surface area contributed by atoms with Crippen molar-refractivity contribution in [1.29, 1.82) is 0 Å². The molecule has 6 rings (SSSR count). The van der Waals surface area contributed by atoms with E-state index in [0.717, 1.165) is 59.1 Å². The number of alkyl halides is 3. The first kappa shape index (κ1) is 36.9. The van der Waals surface area contributed by atoms with Gasteiger partial charge in [-0.2, -0.15) is 22.9 Å². The van der Waals surface area contributed by atoms with E-state index in [1.807, 2.05) is 36.1 Å². The molecule has 1 aromatic heterocycles. The third-order valence-electron chi connectivity index (χ3n) is 9.44. The normalized spacial score (nSPS) is 16.6. The molecule has 16 heteroatoms. The molecule has 4 heterocycles. The third kappa shape index (κ3) is 7.80. The predicted molar refractivity (Wildman–Crippen MR) is 193 cm³/mol. The number of amides is 2. The Kier molecular flexibility index (Phi) is 11.2. The molecule has 0 aliphatic carbocycles. The highest BCUT2D eigenvalue weighted by atomic mass is 35.5. The number of hydrogen-bond donors (Lipinski definition) is 2. The van der Waals surface area contributed by atoms with Crippen molar-refractivity contribution in [2.24, 2.45) is 10.1 Å². The average Bonchev–Trinajstić information content (AvgIpc) is 3.14. The molecule has 1 fully saturated rings. The number of hydrogen-bond acceptors (Lipinski definition) is 8. The number of carbonyl (C=O) groups excluding carboxylic acids is 2. The van der Waals surface area contributed by atoms with E-state index in [9.17, 15) is 27.6 Å². The minimum absolute atomic E-state index is 0.00442.